The van der Waals surface area contributed by atoms with E-state index in [1.807, 2.05) is 30.3 Å². The normalized spacial score (nSPS) is 13.9. The summed E-state index contributed by atoms with van der Waals surface area (Å²) in [4.78, 5) is 12.1. The number of nitrogens with one attached hydrogen (secondary N) is 1. The third kappa shape index (κ3) is 5.33. The largest absolute Gasteiger partial charge is 0.468 e. The molecule has 3 heteroatoms. The van der Waals surface area contributed by atoms with Gasteiger partial charge in [0.25, 0.3) is 0 Å². The van der Waals surface area contributed by atoms with E-state index in [2.05, 4.69) is 39.9 Å². The number of ether oxygens (including phenoxy) is 1. The molecular formula is C17H27NO2. The lowest BCUT2D eigenvalue weighted by Crippen LogP contribution is -2.47. The molecular weight excluding hydrogens is 250 g/mol. The summed E-state index contributed by atoms with van der Waals surface area (Å²) in [7, 11) is 1.43. The molecule has 1 rings (SSSR count). The van der Waals surface area contributed by atoms with Crippen LogP contribution in [0.25, 0.3) is 0 Å². The molecule has 1 unspecified atom stereocenters. The fraction of sp³-hybridized carbons (Fsp3) is 0.588. The molecule has 0 saturated carbocycles. The highest BCUT2D eigenvalue weighted by molar-refractivity contribution is 5.77. The lowest BCUT2D eigenvalue weighted by molar-refractivity contribution is -0.144. The molecule has 0 aromatic heterocycles. The third-order valence-electron chi connectivity index (χ3n) is 3.08. The second kappa shape index (κ2) is 6.40. The van der Waals surface area contributed by atoms with Gasteiger partial charge in [0.05, 0.1) is 7.11 Å². The average Bonchev–Trinajstić information content (AvgIpc) is 2.33. The van der Waals surface area contributed by atoms with Crippen molar-refractivity contribution in [3.63, 3.8) is 0 Å². The molecule has 1 N–H and O–H groups in total. The molecule has 1 aromatic carbocycles. The van der Waals surface area contributed by atoms with E-state index < -0.39 is 6.04 Å². The summed E-state index contributed by atoms with van der Waals surface area (Å²) in [5.74, 6) is -0.252. The van der Waals surface area contributed by atoms with Crippen LogP contribution in [0, 0.1) is 5.41 Å². The monoisotopic (exact) mass is 277 g/mol. The molecule has 0 aliphatic carbocycles. The third-order valence-corrected chi connectivity index (χ3v) is 3.08. The zero-order chi connectivity index (χ0) is 15.4. The highest BCUT2D eigenvalue weighted by Gasteiger charge is 2.31. The Labute approximate surface area is 122 Å². The van der Waals surface area contributed by atoms with Gasteiger partial charge in [0.1, 0.15) is 6.04 Å². The first-order chi connectivity index (χ1) is 9.14. The standard InChI is InChI=1S/C17H27NO2/c1-16(2,3)12-17(4,5)18-14(15(19)20-6)13-10-8-7-9-11-13/h7-11,14,18H,12H2,1-6H3. The van der Waals surface area contributed by atoms with Crippen LogP contribution < -0.4 is 5.32 Å². The minimum absolute atomic E-state index is 0.160. The Morgan fingerprint density at radius 1 is 1.15 bits per heavy atom. The molecule has 1 aromatic rings. The van der Waals surface area contributed by atoms with Gasteiger partial charge >= 0.3 is 5.97 Å². The average molecular weight is 277 g/mol. The SMILES string of the molecule is COC(=O)C(NC(C)(C)CC(C)(C)C)c1ccccc1. The van der Waals surface area contributed by atoms with Crippen molar-refractivity contribution in [2.24, 2.45) is 5.41 Å². The number of benzene rings is 1. The lowest BCUT2D eigenvalue weighted by atomic mass is 9.81. The van der Waals surface area contributed by atoms with E-state index in [-0.39, 0.29) is 16.9 Å². The van der Waals surface area contributed by atoms with E-state index >= 15 is 0 Å². The molecule has 0 bridgehead atoms. The second-order valence-corrected chi connectivity index (χ2v) is 7.13. The molecule has 1 atom stereocenters. The molecule has 0 spiro atoms. The number of hydrogen-bond donors (Lipinski definition) is 1. The highest BCUT2D eigenvalue weighted by atomic mass is 16.5. The fourth-order valence-electron chi connectivity index (χ4n) is 2.81. The zero-order valence-electron chi connectivity index (χ0n) is 13.5. The molecule has 3 nitrogen and oxygen atoms in total. The fourth-order valence-corrected chi connectivity index (χ4v) is 2.81. The van der Waals surface area contributed by atoms with Crippen LogP contribution in [0.15, 0.2) is 30.3 Å². The van der Waals surface area contributed by atoms with Crippen molar-refractivity contribution in [2.75, 3.05) is 7.11 Å². The summed E-state index contributed by atoms with van der Waals surface area (Å²) in [5.41, 5.74) is 0.960. The van der Waals surface area contributed by atoms with E-state index in [0.717, 1.165) is 12.0 Å². The number of rotatable bonds is 5. The van der Waals surface area contributed by atoms with Crippen molar-refractivity contribution in [3.05, 3.63) is 35.9 Å². The summed E-state index contributed by atoms with van der Waals surface area (Å²) >= 11 is 0. The smallest absolute Gasteiger partial charge is 0.327 e. The predicted molar refractivity (Wildman–Crippen MR) is 82.5 cm³/mol. The van der Waals surface area contributed by atoms with Gasteiger partial charge < -0.3 is 4.74 Å². The first-order valence-corrected chi connectivity index (χ1v) is 7.05. The minimum Gasteiger partial charge on any atom is -0.468 e. The van der Waals surface area contributed by atoms with Crippen molar-refractivity contribution >= 4 is 5.97 Å². The van der Waals surface area contributed by atoms with Gasteiger partial charge in [-0.1, -0.05) is 51.1 Å². The maximum atomic E-state index is 12.1. The summed E-state index contributed by atoms with van der Waals surface area (Å²) in [6, 6.07) is 9.27. The number of hydrogen-bond acceptors (Lipinski definition) is 3. The predicted octanol–water partition coefficient (Wildman–Crippen LogP) is 3.71. The van der Waals surface area contributed by atoms with Gasteiger partial charge in [-0.15, -0.1) is 0 Å². The van der Waals surface area contributed by atoms with Gasteiger partial charge in [-0.2, -0.15) is 0 Å². The van der Waals surface area contributed by atoms with Crippen molar-refractivity contribution in [1.82, 2.24) is 5.32 Å². The quantitative estimate of drug-likeness (QED) is 0.834. The first kappa shape index (κ1) is 16.7. The van der Waals surface area contributed by atoms with Crippen LogP contribution in [0.3, 0.4) is 0 Å². The van der Waals surface area contributed by atoms with Gasteiger partial charge in [-0.25, -0.2) is 4.79 Å². The van der Waals surface area contributed by atoms with Gasteiger partial charge in [0.15, 0.2) is 0 Å². The van der Waals surface area contributed by atoms with Crippen molar-refractivity contribution < 1.29 is 9.53 Å². The summed E-state index contributed by atoms with van der Waals surface area (Å²) < 4.78 is 4.94. The molecule has 0 aliphatic heterocycles. The van der Waals surface area contributed by atoms with Gasteiger partial charge in [0, 0.05) is 5.54 Å². The minimum atomic E-state index is -0.432. The number of carbonyl (C=O) groups is 1. The second-order valence-electron chi connectivity index (χ2n) is 7.13. The highest BCUT2D eigenvalue weighted by Crippen LogP contribution is 2.29. The molecule has 0 heterocycles. The van der Waals surface area contributed by atoms with E-state index in [1.54, 1.807) is 0 Å². The van der Waals surface area contributed by atoms with Gasteiger partial charge in [-0.05, 0) is 31.2 Å². The maximum Gasteiger partial charge on any atom is 0.327 e. The van der Waals surface area contributed by atoms with E-state index in [4.69, 9.17) is 4.74 Å². The Kier molecular flexibility index (Phi) is 5.35. The maximum absolute atomic E-state index is 12.1. The Bertz CT molecular complexity index is 432. The van der Waals surface area contributed by atoms with Gasteiger partial charge in [-0.3, -0.25) is 5.32 Å². The van der Waals surface area contributed by atoms with Crippen LogP contribution in [-0.2, 0) is 9.53 Å². The molecule has 0 radical (unpaired) electrons. The number of esters is 1. The van der Waals surface area contributed by atoms with E-state index in [0.29, 0.717) is 0 Å². The Morgan fingerprint density at radius 3 is 2.15 bits per heavy atom. The van der Waals surface area contributed by atoms with Crippen LogP contribution in [0.1, 0.15) is 52.6 Å². The number of carbonyl (C=O) groups excluding carboxylic acids is 1. The Balaban J connectivity index is 2.94. The topological polar surface area (TPSA) is 38.3 Å². The lowest BCUT2D eigenvalue weighted by Gasteiger charge is -2.36. The van der Waals surface area contributed by atoms with Crippen LogP contribution >= 0.6 is 0 Å². The Hall–Kier alpha value is -1.35. The Morgan fingerprint density at radius 2 is 1.70 bits per heavy atom. The summed E-state index contributed by atoms with van der Waals surface area (Å²) in [6.45, 7) is 10.8. The molecule has 112 valence electrons. The first-order valence-electron chi connectivity index (χ1n) is 7.05. The summed E-state index contributed by atoms with van der Waals surface area (Å²) in [6.07, 6.45) is 0.959. The molecule has 20 heavy (non-hydrogen) atoms. The van der Waals surface area contributed by atoms with Crippen LogP contribution in [0.5, 0.6) is 0 Å². The molecule has 0 saturated heterocycles. The van der Waals surface area contributed by atoms with Crippen molar-refractivity contribution in [2.45, 2.75) is 52.6 Å². The van der Waals surface area contributed by atoms with Crippen molar-refractivity contribution in [1.29, 1.82) is 0 Å². The number of methoxy groups -OCH3 is 1. The van der Waals surface area contributed by atoms with Crippen LogP contribution in [-0.4, -0.2) is 18.6 Å². The summed E-state index contributed by atoms with van der Waals surface area (Å²) in [5, 5.41) is 3.44. The van der Waals surface area contributed by atoms with E-state index in [9.17, 15) is 4.79 Å². The van der Waals surface area contributed by atoms with Crippen LogP contribution in [0.2, 0.25) is 0 Å². The van der Waals surface area contributed by atoms with Gasteiger partial charge in [0.2, 0.25) is 0 Å². The molecule has 0 fully saturated rings. The van der Waals surface area contributed by atoms with Crippen molar-refractivity contribution in [3.8, 4) is 0 Å². The molecule has 0 amide bonds. The van der Waals surface area contributed by atoms with Crippen LogP contribution in [0.4, 0.5) is 0 Å². The molecule has 0 aliphatic rings. The van der Waals surface area contributed by atoms with E-state index in [1.165, 1.54) is 7.11 Å². The zero-order valence-corrected chi connectivity index (χ0v) is 13.5.